The summed E-state index contributed by atoms with van der Waals surface area (Å²) in [5.74, 6) is -0.631. The molecule has 122 valence electrons. The number of halogens is 2. The number of benzene rings is 1. The van der Waals surface area contributed by atoms with Crippen molar-refractivity contribution in [3.05, 3.63) is 56.8 Å². The molecule has 0 atom stereocenters. The van der Waals surface area contributed by atoms with Gasteiger partial charge in [0.2, 0.25) is 5.91 Å². The maximum Gasteiger partial charge on any atom is 0.286 e. The van der Waals surface area contributed by atoms with Crippen LogP contribution in [-0.4, -0.2) is 16.4 Å². The molecule has 1 aromatic carbocycles. The highest BCUT2D eigenvalue weighted by molar-refractivity contribution is 9.10. The second-order valence-corrected chi connectivity index (χ2v) is 6.56. The van der Waals surface area contributed by atoms with Crippen molar-refractivity contribution in [3.63, 3.8) is 0 Å². The van der Waals surface area contributed by atoms with Crippen molar-refractivity contribution < 1.29 is 9.59 Å². The van der Waals surface area contributed by atoms with Gasteiger partial charge in [0.05, 0.1) is 0 Å². The Bertz CT molecular complexity index is 743. The van der Waals surface area contributed by atoms with Gasteiger partial charge in [0.15, 0.2) is 0 Å². The standard InChI is InChI=1S/C16H17BrClN3O2/c1-10-3-4-11(7-13(10)18)5-6-15(22)19-20-16(23)14-8-12(17)9-21(14)2/h3-4,7-9H,5-6H2,1-2H3,(H,19,22)(H,20,23). The van der Waals surface area contributed by atoms with Gasteiger partial charge in [0.25, 0.3) is 5.91 Å². The Morgan fingerprint density at radius 2 is 2.00 bits per heavy atom. The van der Waals surface area contributed by atoms with Crippen molar-refractivity contribution >= 4 is 39.3 Å². The Balaban J connectivity index is 1.82. The average Bonchev–Trinajstić information content (AvgIpc) is 2.84. The third-order valence-electron chi connectivity index (χ3n) is 3.40. The molecule has 7 heteroatoms. The fourth-order valence-corrected chi connectivity index (χ4v) is 2.78. The van der Waals surface area contributed by atoms with Crippen molar-refractivity contribution in [2.24, 2.45) is 7.05 Å². The van der Waals surface area contributed by atoms with Crippen LogP contribution < -0.4 is 10.9 Å². The first kappa shape index (κ1) is 17.6. The number of amides is 2. The molecular formula is C16H17BrClN3O2. The van der Waals surface area contributed by atoms with Gasteiger partial charge in [0, 0.05) is 29.2 Å². The lowest BCUT2D eigenvalue weighted by atomic mass is 10.1. The van der Waals surface area contributed by atoms with Crippen molar-refractivity contribution in [2.75, 3.05) is 0 Å². The molecule has 0 unspecified atom stereocenters. The van der Waals surface area contributed by atoms with Crippen LogP contribution in [0.5, 0.6) is 0 Å². The van der Waals surface area contributed by atoms with Crippen molar-refractivity contribution in [3.8, 4) is 0 Å². The smallest absolute Gasteiger partial charge is 0.286 e. The molecule has 5 nitrogen and oxygen atoms in total. The highest BCUT2D eigenvalue weighted by atomic mass is 79.9. The van der Waals surface area contributed by atoms with E-state index in [1.165, 1.54) is 0 Å². The largest absolute Gasteiger partial charge is 0.345 e. The van der Waals surface area contributed by atoms with E-state index < -0.39 is 0 Å². The molecule has 2 amide bonds. The first-order valence-corrected chi connectivity index (χ1v) is 8.20. The molecular weight excluding hydrogens is 382 g/mol. The minimum absolute atomic E-state index is 0.260. The molecule has 0 aliphatic rings. The molecule has 1 heterocycles. The number of nitrogens with one attached hydrogen (secondary N) is 2. The van der Waals surface area contributed by atoms with Gasteiger partial charge in [0.1, 0.15) is 5.69 Å². The molecule has 2 N–H and O–H groups in total. The number of hydrogen-bond acceptors (Lipinski definition) is 2. The first-order chi connectivity index (χ1) is 10.9. The Hall–Kier alpha value is -1.79. The zero-order chi connectivity index (χ0) is 17.0. The minimum Gasteiger partial charge on any atom is -0.345 e. The van der Waals surface area contributed by atoms with E-state index >= 15 is 0 Å². The highest BCUT2D eigenvalue weighted by Gasteiger charge is 2.12. The lowest BCUT2D eigenvalue weighted by molar-refractivity contribution is -0.121. The number of nitrogens with zero attached hydrogens (tertiary/aromatic N) is 1. The van der Waals surface area contributed by atoms with E-state index in [2.05, 4.69) is 26.8 Å². The third-order valence-corrected chi connectivity index (χ3v) is 4.24. The SMILES string of the molecule is Cc1ccc(CCC(=O)NNC(=O)c2cc(Br)cn2C)cc1Cl. The summed E-state index contributed by atoms with van der Waals surface area (Å²) in [5, 5.41) is 0.686. The minimum atomic E-state index is -0.370. The summed E-state index contributed by atoms with van der Waals surface area (Å²) in [6.45, 7) is 1.93. The number of carbonyl (C=O) groups is 2. The van der Waals surface area contributed by atoms with E-state index in [1.807, 2.05) is 25.1 Å². The second-order valence-electron chi connectivity index (χ2n) is 5.24. The number of aryl methyl sites for hydroxylation is 3. The third kappa shape index (κ3) is 4.84. The van der Waals surface area contributed by atoms with Gasteiger partial charge in [-0.2, -0.15) is 0 Å². The first-order valence-electron chi connectivity index (χ1n) is 7.03. The fourth-order valence-electron chi connectivity index (χ4n) is 2.05. The Morgan fingerprint density at radius 3 is 2.61 bits per heavy atom. The molecule has 0 saturated heterocycles. The molecule has 1 aromatic heterocycles. The Kier molecular flexibility index (Phi) is 5.85. The summed E-state index contributed by atoms with van der Waals surface area (Å²) in [6, 6.07) is 7.39. The molecule has 23 heavy (non-hydrogen) atoms. The van der Waals surface area contributed by atoms with E-state index in [-0.39, 0.29) is 18.2 Å². The summed E-state index contributed by atoms with van der Waals surface area (Å²) in [5.41, 5.74) is 7.24. The van der Waals surface area contributed by atoms with Crippen LogP contribution in [0.3, 0.4) is 0 Å². The summed E-state index contributed by atoms with van der Waals surface area (Å²) in [4.78, 5) is 23.8. The molecule has 0 radical (unpaired) electrons. The van der Waals surface area contributed by atoms with Crippen LogP contribution >= 0.6 is 27.5 Å². The number of hydrazine groups is 1. The fraction of sp³-hybridized carbons (Fsp3) is 0.250. The van der Waals surface area contributed by atoms with Gasteiger partial charge in [-0.1, -0.05) is 23.7 Å². The quantitative estimate of drug-likeness (QED) is 0.777. The maximum absolute atomic E-state index is 12.0. The van der Waals surface area contributed by atoms with Gasteiger partial charge < -0.3 is 4.57 Å². The van der Waals surface area contributed by atoms with E-state index in [1.54, 1.807) is 23.9 Å². The summed E-state index contributed by atoms with van der Waals surface area (Å²) < 4.78 is 2.47. The summed E-state index contributed by atoms with van der Waals surface area (Å²) >= 11 is 9.35. The molecule has 0 saturated carbocycles. The van der Waals surface area contributed by atoms with Crippen LogP contribution in [0.2, 0.25) is 5.02 Å². The van der Waals surface area contributed by atoms with Crippen LogP contribution in [0.1, 0.15) is 28.0 Å². The molecule has 2 aromatic rings. The van der Waals surface area contributed by atoms with Gasteiger partial charge in [-0.25, -0.2) is 0 Å². The Morgan fingerprint density at radius 1 is 1.26 bits per heavy atom. The molecule has 2 rings (SSSR count). The molecule has 0 spiro atoms. The molecule has 0 aliphatic heterocycles. The van der Waals surface area contributed by atoms with Gasteiger partial charge in [-0.3, -0.25) is 20.4 Å². The normalized spacial score (nSPS) is 10.4. The molecule has 0 aliphatic carbocycles. The zero-order valence-electron chi connectivity index (χ0n) is 12.8. The van der Waals surface area contributed by atoms with Crippen LogP contribution in [0.15, 0.2) is 34.9 Å². The maximum atomic E-state index is 12.0. The van der Waals surface area contributed by atoms with Crippen LogP contribution in [0, 0.1) is 6.92 Å². The molecule has 0 bridgehead atoms. The predicted molar refractivity (Wildman–Crippen MR) is 93.2 cm³/mol. The van der Waals surface area contributed by atoms with E-state index in [0.29, 0.717) is 17.1 Å². The van der Waals surface area contributed by atoms with Gasteiger partial charge >= 0.3 is 0 Å². The van der Waals surface area contributed by atoms with Crippen LogP contribution in [0.25, 0.3) is 0 Å². The topological polar surface area (TPSA) is 63.1 Å². The van der Waals surface area contributed by atoms with E-state index in [0.717, 1.165) is 15.6 Å². The number of aromatic nitrogens is 1. The van der Waals surface area contributed by atoms with E-state index in [9.17, 15) is 9.59 Å². The monoisotopic (exact) mass is 397 g/mol. The molecule has 0 fully saturated rings. The summed E-state index contributed by atoms with van der Waals surface area (Å²) in [6.07, 6.45) is 2.58. The number of hydrogen-bond donors (Lipinski definition) is 2. The average molecular weight is 399 g/mol. The van der Waals surface area contributed by atoms with Crippen LogP contribution in [-0.2, 0) is 18.3 Å². The lowest BCUT2D eigenvalue weighted by Gasteiger charge is -2.08. The van der Waals surface area contributed by atoms with Crippen LogP contribution in [0.4, 0.5) is 0 Å². The van der Waals surface area contributed by atoms with Crippen molar-refractivity contribution in [1.82, 2.24) is 15.4 Å². The second kappa shape index (κ2) is 7.66. The predicted octanol–water partition coefficient (Wildman–Crippen LogP) is 3.14. The van der Waals surface area contributed by atoms with Crippen molar-refractivity contribution in [1.29, 1.82) is 0 Å². The summed E-state index contributed by atoms with van der Waals surface area (Å²) in [7, 11) is 1.75. The zero-order valence-corrected chi connectivity index (χ0v) is 15.2. The van der Waals surface area contributed by atoms with Gasteiger partial charge in [-0.15, -0.1) is 0 Å². The number of carbonyl (C=O) groups excluding carboxylic acids is 2. The lowest BCUT2D eigenvalue weighted by Crippen LogP contribution is -2.42. The van der Waals surface area contributed by atoms with Gasteiger partial charge in [-0.05, 0) is 52.5 Å². The van der Waals surface area contributed by atoms with Crippen molar-refractivity contribution in [2.45, 2.75) is 19.8 Å². The number of rotatable bonds is 4. The Labute approximate surface area is 148 Å². The van der Waals surface area contributed by atoms with E-state index in [4.69, 9.17) is 11.6 Å². The highest BCUT2D eigenvalue weighted by Crippen LogP contribution is 2.17.